The smallest absolute Gasteiger partial charge is 0.119 e. The van der Waals surface area contributed by atoms with Crippen LogP contribution in [-0.4, -0.2) is 13.2 Å². The van der Waals surface area contributed by atoms with E-state index in [1.165, 1.54) is 11.1 Å². The molecule has 0 aliphatic carbocycles. The minimum atomic E-state index is -0.0882. The van der Waals surface area contributed by atoms with Crippen molar-refractivity contribution >= 4 is 0 Å². The third-order valence-electron chi connectivity index (χ3n) is 4.01. The molecule has 0 bridgehead atoms. The summed E-state index contributed by atoms with van der Waals surface area (Å²) >= 11 is 0. The average Bonchev–Trinajstić information content (AvgIpc) is 2.75. The van der Waals surface area contributed by atoms with E-state index < -0.39 is 0 Å². The highest BCUT2D eigenvalue weighted by atomic mass is 16.5. The lowest BCUT2D eigenvalue weighted by Gasteiger charge is -2.41. The van der Waals surface area contributed by atoms with Gasteiger partial charge in [-0.1, -0.05) is 38.1 Å². The number of furan rings is 1. The summed E-state index contributed by atoms with van der Waals surface area (Å²) in [5, 5.41) is 0. The fourth-order valence-electron chi connectivity index (χ4n) is 2.86. The predicted octanol–water partition coefficient (Wildman–Crippen LogP) is 4.03. The Kier molecular flexibility index (Phi) is 2.98. The van der Waals surface area contributed by atoms with E-state index in [4.69, 9.17) is 9.15 Å². The molecule has 1 aliphatic rings. The molecule has 0 amide bonds. The highest BCUT2D eigenvalue weighted by molar-refractivity contribution is 5.44. The standard InChI is InChI=1S/C17H20O2/c1-12(2)14-6-4-5-7-15(14)17(10-18-11-17)16-9-8-13(3)19-16/h4-9,12H,10-11H2,1-3H3. The van der Waals surface area contributed by atoms with E-state index in [-0.39, 0.29) is 5.41 Å². The SMILES string of the molecule is Cc1ccc(C2(c3ccccc3C(C)C)COC2)o1. The molecule has 3 rings (SSSR count). The van der Waals surface area contributed by atoms with E-state index in [0.29, 0.717) is 19.1 Å². The van der Waals surface area contributed by atoms with Gasteiger partial charge in [0, 0.05) is 0 Å². The van der Waals surface area contributed by atoms with Crippen molar-refractivity contribution in [3.63, 3.8) is 0 Å². The van der Waals surface area contributed by atoms with Crippen molar-refractivity contribution in [1.82, 2.24) is 0 Å². The molecule has 2 heterocycles. The topological polar surface area (TPSA) is 22.4 Å². The molecule has 1 fully saturated rings. The van der Waals surface area contributed by atoms with Gasteiger partial charge in [0.2, 0.25) is 0 Å². The van der Waals surface area contributed by atoms with Gasteiger partial charge in [-0.15, -0.1) is 0 Å². The summed E-state index contributed by atoms with van der Waals surface area (Å²) in [6, 6.07) is 12.8. The normalized spacial score (nSPS) is 17.5. The maximum Gasteiger partial charge on any atom is 0.119 e. The van der Waals surface area contributed by atoms with Crippen molar-refractivity contribution in [2.75, 3.05) is 13.2 Å². The number of benzene rings is 1. The lowest BCUT2D eigenvalue weighted by atomic mass is 9.73. The molecule has 1 aromatic carbocycles. The van der Waals surface area contributed by atoms with Gasteiger partial charge in [-0.05, 0) is 36.1 Å². The average molecular weight is 256 g/mol. The quantitative estimate of drug-likeness (QED) is 0.827. The third kappa shape index (κ3) is 1.91. The monoisotopic (exact) mass is 256 g/mol. The lowest BCUT2D eigenvalue weighted by molar-refractivity contribution is -0.0483. The summed E-state index contributed by atoms with van der Waals surface area (Å²) in [7, 11) is 0. The van der Waals surface area contributed by atoms with Crippen LogP contribution < -0.4 is 0 Å². The first-order valence-corrected chi connectivity index (χ1v) is 6.87. The highest BCUT2D eigenvalue weighted by Gasteiger charge is 2.46. The van der Waals surface area contributed by atoms with Crippen molar-refractivity contribution in [1.29, 1.82) is 0 Å². The predicted molar refractivity (Wildman–Crippen MR) is 75.6 cm³/mol. The Morgan fingerprint density at radius 1 is 1.05 bits per heavy atom. The Labute approximate surface area is 114 Å². The molecule has 2 aromatic rings. The molecule has 1 saturated heterocycles. The van der Waals surface area contributed by atoms with Crippen molar-refractivity contribution in [2.45, 2.75) is 32.1 Å². The van der Waals surface area contributed by atoms with E-state index in [9.17, 15) is 0 Å². The van der Waals surface area contributed by atoms with Crippen molar-refractivity contribution in [3.8, 4) is 0 Å². The van der Waals surface area contributed by atoms with Gasteiger partial charge >= 0.3 is 0 Å². The molecule has 1 aromatic heterocycles. The second kappa shape index (κ2) is 4.53. The summed E-state index contributed by atoms with van der Waals surface area (Å²) < 4.78 is 11.4. The number of ether oxygens (including phenoxy) is 1. The molecule has 0 radical (unpaired) electrons. The first-order valence-electron chi connectivity index (χ1n) is 6.87. The van der Waals surface area contributed by atoms with E-state index >= 15 is 0 Å². The molecular formula is C17H20O2. The molecule has 100 valence electrons. The van der Waals surface area contributed by atoms with Gasteiger partial charge < -0.3 is 9.15 Å². The molecule has 0 N–H and O–H groups in total. The molecule has 0 saturated carbocycles. The van der Waals surface area contributed by atoms with Crippen LogP contribution in [0.1, 0.15) is 42.4 Å². The molecule has 0 spiro atoms. The zero-order chi connectivity index (χ0) is 13.5. The van der Waals surface area contributed by atoms with E-state index in [1.54, 1.807) is 0 Å². The maximum atomic E-state index is 5.90. The summed E-state index contributed by atoms with van der Waals surface area (Å²) in [6.07, 6.45) is 0. The van der Waals surface area contributed by atoms with Crippen LogP contribution in [0.2, 0.25) is 0 Å². The summed E-state index contributed by atoms with van der Waals surface area (Å²) in [6.45, 7) is 7.89. The minimum absolute atomic E-state index is 0.0882. The number of rotatable bonds is 3. The van der Waals surface area contributed by atoms with Gasteiger partial charge in [-0.25, -0.2) is 0 Å². The Morgan fingerprint density at radius 3 is 2.32 bits per heavy atom. The fraction of sp³-hybridized carbons (Fsp3) is 0.412. The van der Waals surface area contributed by atoms with E-state index in [1.807, 2.05) is 13.0 Å². The fourth-order valence-corrected chi connectivity index (χ4v) is 2.86. The second-order valence-electron chi connectivity index (χ2n) is 5.73. The molecule has 0 unspecified atom stereocenters. The Balaban J connectivity index is 2.13. The highest BCUT2D eigenvalue weighted by Crippen LogP contribution is 2.42. The number of hydrogen-bond donors (Lipinski definition) is 0. The van der Waals surface area contributed by atoms with Crippen LogP contribution >= 0.6 is 0 Å². The zero-order valence-corrected chi connectivity index (χ0v) is 11.8. The molecule has 2 heteroatoms. The van der Waals surface area contributed by atoms with Crippen LogP contribution in [0.3, 0.4) is 0 Å². The Morgan fingerprint density at radius 2 is 1.79 bits per heavy atom. The maximum absolute atomic E-state index is 5.90. The molecule has 1 aliphatic heterocycles. The summed E-state index contributed by atoms with van der Waals surface area (Å²) in [4.78, 5) is 0. The van der Waals surface area contributed by atoms with Gasteiger partial charge in [0.1, 0.15) is 16.9 Å². The largest absolute Gasteiger partial charge is 0.465 e. The van der Waals surface area contributed by atoms with Crippen LogP contribution in [0.5, 0.6) is 0 Å². The lowest BCUT2D eigenvalue weighted by Crippen LogP contribution is -2.48. The number of aryl methyl sites for hydroxylation is 1. The van der Waals surface area contributed by atoms with E-state index in [0.717, 1.165) is 11.5 Å². The molecule has 2 nitrogen and oxygen atoms in total. The van der Waals surface area contributed by atoms with Crippen molar-refractivity contribution in [2.24, 2.45) is 0 Å². The molecule has 0 atom stereocenters. The summed E-state index contributed by atoms with van der Waals surface area (Å²) in [5.74, 6) is 2.50. The van der Waals surface area contributed by atoms with Gasteiger partial charge in [0.15, 0.2) is 0 Å². The van der Waals surface area contributed by atoms with Crippen molar-refractivity contribution in [3.05, 3.63) is 59.0 Å². The van der Waals surface area contributed by atoms with Crippen molar-refractivity contribution < 1.29 is 9.15 Å². The minimum Gasteiger partial charge on any atom is -0.465 e. The number of hydrogen-bond acceptors (Lipinski definition) is 2. The van der Waals surface area contributed by atoms with Gasteiger partial charge in [0.05, 0.1) is 13.2 Å². The van der Waals surface area contributed by atoms with Crippen LogP contribution in [-0.2, 0) is 10.2 Å². The van der Waals surface area contributed by atoms with Crippen LogP contribution in [0.4, 0.5) is 0 Å². The van der Waals surface area contributed by atoms with Crippen LogP contribution in [0.15, 0.2) is 40.8 Å². The Bertz CT molecular complexity index is 576. The van der Waals surface area contributed by atoms with Crippen LogP contribution in [0.25, 0.3) is 0 Å². The van der Waals surface area contributed by atoms with Gasteiger partial charge in [-0.3, -0.25) is 0 Å². The van der Waals surface area contributed by atoms with Crippen LogP contribution in [0, 0.1) is 6.92 Å². The van der Waals surface area contributed by atoms with E-state index in [2.05, 4.69) is 44.2 Å². The first kappa shape index (κ1) is 12.5. The van der Waals surface area contributed by atoms with Gasteiger partial charge in [-0.2, -0.15) is 0 Å². The Hall–Kier alpha value is -1.54. The first-order chi connectivity index (χ1) is 9.13. The summed E-state index contributed by atoms with van der Waals surface area (Å²) in [5.41, 5.74) is 2.65. The molecular weight excluding hydrogens is 236 g/mol. The zero-order valence-electron chi connectivity index (χ0n) is 11.8. The second-order valence-corrected chi connectivity index (χ2v) is 5.73. The van der Waals surface area contributed by atoms with Gasteiger partial charge in [0.25, 0.3) is 0 Å². The third-order valence-corrected chi connectivity index (χ3v) is 4.01. The molecule has 19 heavy (non-hydrogen) atoms.